The van der Waals surface area contributed by atoms with E-state index in [-0.39, 0.29) is 11.3 Å². The Kier molecular flexibility index (Phi) is 2.85. The molecule has 72 valence electrons. The van der Waals surface area contributed by atoms with Crippen LogP contribution in [0.25, 0.3) is 0 Å². The highest BCUT2D eigenvalue weighted by Gasteiger charge is 2.18. The minimum absolute atomic E-state index is 0.178. The van der Waals surface area contributed by atoms with Gasteiger partial charge in [0.15, 0.2) is 0 Å². The number of aliphatic hydroxyl groups is 1. The molecule has 3 nitrogen and oxygen atoms in total. The van der Waals surface area contributed by atoms with Gasteiger partial charge in [0.05, 0.1) is 12.1 Å². The van der Waals surface area contributed by atoms with E-state index in [9.17, 15) is 9.50 Å². The van der Waals surface area contributed by atoms with Gasteiger partial charge in [-0.05, 0) is 19.1 Å². The molecule has 0 amide bonds. The van der Waals surface area contributed by atoms with Crippen LogP contribution in [0.2, 0.25) is 0 Å². The van der Waals surface area contributed by atoms with Crippen molar-refractivity contribution in [1.29, 1.82) is 0 Å². The Morgan fingerprint density at radius 2 is 2.08 bits per heavy atom. The lowest BCUT2D eigenvalue weighted by atomic mass is 10.0. The summed E-state index contributed by atoms with van der Waals surface area (Å²) >= 11 is 0. The molecule has 5 N–H and O–H groups in total. The quantitative estimate of drug-likeness (QED) is 0.595. The Morgan fingerprint density at radius 3 is 2.54 bits per heavy atom. The second kappa shape index (κ2) is 3.72. The van der Waals surface area contributed by atoms with Gasteiger partial charge in [-0.3, -0.25) is 0 Å². The zero-order chi connectivity index (χ0) is 10.0. The topological polar surface area (TPSA) is 72.3 Å². The van der Waals surface area contributed by atoms with E-state index in [0.29, 0.717) is 0 Å². The number of benzene rings is 1. The van der Waals surface area contributed by atoms with Gasteiger partial charge in [-0.15, -0.1) is 0 Å². The molecule has 0 unspecified atom stereocenters. The molecule has 0 aromatic heterocycles. The summed E-state index contributed by atoms with van der Waals surface area (Å²) in [6.45, 7) is 1.50. The highest BCUT2D eigenvalue weighted by atomic mass is 19.1. The summed E-state index contributed by atoms with van der Waals surface area (Å²) in [6.07, 6.45) is -0.820. The molecule has 13 heavy (non-hydrogen) atoms. The Bertz CT molecular complexity index is 281. The van der Waals surface area contributed by atoms with Crippen molar-refractivity contribution < 1.29 is 9.50 Å². The lowest BCUT2D eigenvalue weighted by Crippen LogP contribution is -2.25. The van der Waals surface area contributed by atoms with E-state index in [2.05, 4.69) is 0 Å². The third-order valence-electron chi connectivity index (χ3n) is 1.94. The average Bonchev–Trinajstić information content (AvgIpc) is 2.03. The van der Waals surface area contributed by atoms with Gasteiger partial charge in [0, 0.05) is 11.3 Å². The summed E-state index contributed by atoms with van der Waals surface area (Å²) in [5, 5.41) is 9.18. The van der Waals surface area contributed by atoms with Crippen LogP contribution in [0.5, 0.6) is 0 Å². The smallest absolute Gasteiger partial charge is 0.130 e. The molecule has 0 aliphatic carbocycles. The molecule has 2 atom stereocenters. The van der Waals surface area contributed by atoms with Crippen molar-refractivity contribution in [1.82, 2.24) is 0 Å². The van der Waals surface area contributed by atoms with Gasteiger partial charge in [0.25, 0.3) is 0 Å². The zero-order valence-electron chi connectivity index (χ0n) is 7.37. The number of halogens is 1. The second-order valence-corrected chi connectivity index (χ2v) is 3.01. The fourth-order valence-corrected chi connectivity index (χ4v) is 1.15. The SMILES string of the molecule is C[C@H](O)[C@@H](N)c1c(N)cccc1F. The fraction of sp³-hybridized carbons (Fsp3) is 0.333. The van der Waals surface area contributed by atoms with Crippen molar-refractivity contribution in [2.24, 2.45) is 5.73 Å². The van der Waals surface area contributed by atoms with Crippen LogP contribution in [0.3, 0.4) is 0 Å². The van der Waals surface area contributed by atoms with E-state index in [4.69, 9.17) is 11.5 Å². The number of aliphatic hydroxyl groups excluding tert-OH is 1. The minimum atomic E-state index is -0.820. The first-order chi connectivity index (χ1) is 6.04. The predicted molar refractivity (Wildman–Crippen MR) is 49.4 cm³/mol. The van der Waals surface area contributed by atoms with Crippen LogP contribution in [0, 0.1) is 5.82 Å². The molecule has 0 aliphatic rings. The van der Waals surface area contributed by atoms with Crippen LogP contribution in [-0.4, -0.2) is 11.2 Å². The summed E-state index contributed by atoms with van der Waals surface area (Å²) in [5.74, 6) is -0.478. The average molecular weight is 184 g/mol. The number of hydrogen-bond acceptors (Lipinski definition) is 3. The van der Waals surface area contributed by atoms with E-state index < -0.39 is 18.0 Å². The van der Waals surface area contributed by atoms with Crippen LogP contribution >= 0.6 is 0 Å². The standard InChI is InChI=1S/C9H13FN2O/c1-5(13)9(12)8-6(10)3-2-4-7(8)11/h2-5,9,13H,11-12H2,1H3/t5-,9+/m0/s1. The van der Waals surface area contributed by atoms with E-state index >= 15 is 0 Å². The molecule has 1 aromatic carbocycles. The van der Waals surface area contributed by atoms with Gasteiger partial charge in [-0.2, -0.15) is 0 Å². The van der Waals surface area contributed by atoms with E-state index in [0.717, 1.165) is 0 Å². The molecule has 0 fully saturated rings. The van der Waals surface area contributed by atoms with Crippen LogP contribution in [0.4, 0.5) is 10.1 Å². The number of anilines is 1. The molecule has 4 heteroatoms. The van der Waals surface area contributed by atoms with Gasteiger partial charge >= 0.3 is 0 Å². The predicted octanol–water partition coefficient (Wildman–Crippen LogP) is 0.788. The molecular formula is C9H13FN2O. The first kappa shape index (κ1) is 9.95. The molecule has 0 saturated heterocycles. The van der Waals surface area contributed by atoms with E-state index in [1.165, 1.54) is 19.1 Å². The van der Waals surface area contributed by atoms with Crippen LogP contribution in [0.15, 0.2) is 18.2 Å². The van der Waals surface area contributed by atoms with Crippen molar-refractivity contribution in [3.05, 3.63) is 29.6 Å². The van der Waals surface area contributed by atoms with Crippen molar-refractivity contribution in [2.75, 3.05) is 5.73 Å². The molecule has 0 heterocycles. The second-order valence-electron chi connectivity index (χ2n) is 3.01. The van der Waals surface area contributed by atoms with Gasteiger partial charge in [-0.1, -0.05) is 6.07 Å². The molecule has 0 saturated carbocycles. The van der Waals surface area contributed by atoms with Gasteiger partial charge in [0.1, 0.15) is 5.82 Å². The Morgan fingerprint density at radius 1 is 1.46 bits per heavy atom. The molecule has 0 bridgehead atoms. The van der Waals surface area contributed by atoms with Gasteiger partial charge in [0.2, 0.25) is 0 Å². The molecular weight excluding hydrogens is 171 g/mol. The van der Waals surface area contributed by atoms with Crippen LogP contribution in [0.1, 0.15) is 18.5 Å². The summed E-state index contributed by atoms with van der Waals surface area (Å²) in [4.78, 5) is 0. The number of nitrogens with two attached hydrogens (primary N) is 2. The Labute approximate surface area is 76.2 Å². The lowest BCUT2D eigenvalue weighted by Gasteiger charge is -2.17. The monoisotopic (exact) mass is 184 g/mol. The third-order valence-corrected chi connectivity index (χ3v) is 1.94. The third kappa shape index (κ3) is 1.96. The number of nitrogen functional groups attached to an aromatic ring is 1. The van der Waals surface area contributed by atoms with Crippen molar-refractivity contribution in [3.8, 4) is 0 Å². The molecule has 1 aromatic rings. The van der Waals surface area contributed by atoms with Crippen molar-refractivity contribution in [3.63, 3.8) is 0 Å². The van der Waals surface area contributed by atoms with Crippen molar-refractivity contribution >= 4 is 5.69 Å². The first-order valence-electron chi connectivity index (χ1n) is 4.01. The van der Waals surface area contributed by atoms with Gasteiger partial charge in [-0.25, -0.2) is 4.39 Å². The molecule has 1 rings (SSSR count). The Hall–Kier alpha value is -1.13. The maximum Gasteiger partial charge on any atom is 0.130 e. The first-order valence-corrected chi connectivity index (χ1v) is 4.01. The van der Waals surface area contributed by atoms with Crippen LogP contribution in [-0.2, 0) is 0 Å². The summed E-state index contributed by atoms with van der Waals surface area (Å²) in [6, 6.07) is 3.55. The zero-order valence-corrected chi connectivity index (χ0v) is 7.37. The van der Waals surface area contributed by atoms with E-state index in [1.807, 2.05) is 0 Å². The summed E-state index contributed by atoms with van der Waals surface area (Å²) in [7, 11) is 0. The van der Waals surface area contributed by atoms with Gasteiger partial charge < -0.3 is 16.6 Å². The van der Waals surface area contributed by atoms with E-state index in [1.54, 1.807) is 6.07 Å². The molecule has 0 radical (unpaired) electrons. The number of rotatable bonds is 2. The lowest BCUT2D eigenvalue weighted by molar-refractivity contribution is 0.163. The highest BCUT2D eigenvalue weighted by molar-refractivity contribution is 5.49. The summed E-state index contributed by atoms with van der Waals surface area (Å²) < 4.78 is 13.2. The maximum atomic E-state index is 13.2. The highest BCUT2D eigenvalue weighted by Crippen LogP contribution is 2.23. The summed E-state index contributed by atoms with van der Waals surface area (Å²) in [5.41, 5.74) is 11.5. The number of hydrogen-bond donors (Lipinski definition) is 3. The Balaban J connectivity index is 3.12. The van der Waals surface area contributed by atoms with Crippen molar-refractivity contribution in [2.45, 2.75) is 19.1 Å². The normalized spacial score (nSPS) is 15.4. The fourth-order valence-electron chi connectivity index (χ4n) is 1.15. The minimum Gasteiger partial charge on any atom is -0.398 e. The largest absolute Gasteiger partial charge is 0.398 e. The molecule has 0 aliphatic heterocycles. The van der Waals surface area contributed by atoms with Crippen LogP contribution < -0.4 is 11.5 Å². The maximum absolute atomic E-state index is 13.2. The molecule has 0 spiro atoms.